The largest absolute Gasteiger partial charge is 0.427 e. The number of hydrogen-bond donors (Lipinski definition) is 3. The molecule has 0 saturated heterocycles. The van der Waals surface area contributed by atoms with Gasteiger partial charge >= 0.3 is 5.97 Å². The van der Waals surface area contributed by atoms with Crippen LogP contribution in [-0.4, -0.2) is 23.7 Å². The van der Waals surface area contributed by atoms with Crippen molar-refractivity contribution in [2.24, 2.45) is 0 Å². The van der Waals surface area contributed by atoms with Gasteiger partial charge in [-0.15, -0.1) is 0 Å². The average Bonchev–Trinajstić information content (AvgIpc) is 2.77. The maximum atomic E-state index is 12.7. The van der Waals surface area contributed by atoms with Crippen molar-refractivity contribution in [1.29, 1.82) is 0 Å². The summed E-state index contributed by atoms with van der Waals surface area (Å²) in [6, 6.07) is 20.0. The fraction of sp³-hybridized carbons (Fsp3) is 0.120. The highest BCUT2D eigenvalue weighted by atomic mass is 16.5. The molecule has 0 radical (unpaired) electrons. The van der Waals surface area contributed by atoms with Gasteiger partial charge in [0.15, 0.2) is 0 Å². The van der Waals surface area contributed by atoms with Crippen LogP contribution >= 0.6 is 0 Å². The van der Waals surface area contributed by atoms with E-state index in [1.54, 1.807) is 66.7 Å². The molecule has 0 aromatic heterocycles. The summed E-state index contributed by atoms with van der Waals surface area (Å²) in [4.78, 5) is 47.7. The van der Waals surface area contributed by atoms with Crippen molar-refractivity contribution in [3.05, 3.63) is 89.5 Å². The zero-order valence-corrected chi connectivity index (χ0v) is 18.2. The molecule has 168 valence electrons. The predicted octanol–water partition coefficient (Wildman–Crippen LogP) is 3.75. The Morgan fingerprint density at radius 1 is 0.758 bits per heavy atom. The van der Waals surface area contributed by atoms with Gasteiger partial charge in [-0.1, -0.05) is 30.3 Å². The quantitative estimate of drug-likeness (QED) is 0.379. The molecule has 0 unspecified atom stereocenters. The van der Waals surface area contributed by atoms with E-state index in [9.17, 15) is 19.2 Å². The van der Waals surface area contributed by atoms with E-state index in [-0.39, 0.29) is 30.0 Å². The summed E-state index contributed by atoms with van der Waals surface area (Å²) in [5, 5.41) is 8.29. The first-order chi connectivity index (χ1) is 15.8. The Balaban J connectivity index is 1.68. The maximum Gasteiger partial charge on any atom is 0.308 e. The minimum Gasteiger partial charge on any atom is -0.427 e. The lowest BCUT2D eigenvalue weighted by atomic mass is 10.1. The molecule has 8 heteroatoms. The zero-order valence-electron chi connectivity index (χ0n) is 18.2. The number of anilines is 2. The highest BCUT2D eigenvalue weighted by Gasteiger charge is 2.12. The van der Waals surface area contributed by atoms with Crippen molar-refractivity contribution in [3.63, 3.8) is 0 Å². The normalized spacial score (nSPS) is 10.1. The van der Waals surface area contributed by atoms with Crippen molar-refractivity contribution in [2.45, 2.75) is 20.4 Å². The number of hydrogen-bond acceptors (Lipinski definition) is 5. The Hall–Kier alpha value is -4.46. The van der Waals surface area contributed by atoms with Crippen LogP contribution in [0.1, 0.15) is 40.1 Å². The predicted molar refractivity (Wildman–Crippen MR) is 124 cm³/mol. The lowest BCUT2D eigenvalue weighted by molar-refractivity contribution is -0.131. The molecule has 0 aliphatic rings. The first kappa shape index (κ1) is 23.2. The number of esters is 1. The number of carbonyl (C=O) groups is 4. The summed E-state index contributed by atoms with van der Waals surface area (Å²) < 4.78 is 5.01. The van der Waals surface area contributed by atoms with Crippen molar-refractivity contribution in [2.75, 3.05) is 10.6 Å². The van der Waals surface area contributed by atoms with Crippen LogP contribution in [0.15, 0.2) is 72.8 Å². The van der Waals surface area contributed by atoms with Crippen LogP contribution in [0.2, 0.25) is 0 Å². The number of benzene rings is 3. The summed E-state index contributed by atoms with van der Waals surface area (Å²) in [7, 11) is 0. The Labute approximate surface area is 191 Å². The first-order valence-corrected chi connectivity index (χ1v) is 10.2. The van der Waals surface area contributed by atoms with E-state index < -0.39 is 5.97 Å². The van der Waals surface area contributed by atoms with Crippen molar-refractivity contribution in [1.82, 2.24) is 5.32 Å². The molecule has 3 aromatic rings. The molecule has 3 amide bonds. The Kier molecular flexibility index (Phi) is 7.54. The topological polar surface area (TPSA) is 114 Å². The molecule has 8 nitrogen and oxygen atoms in total. The van der Waals surface area contributed by atoms with Crippen molar-refractivity contribution in [3.8, 4) is 5.75 Å². The number of rotatable bonds is 7. The summed E-state index contributed by atoms with van der Waals surface area (Å²) in [6.45, 7) is 2.84. The second kappa shape index (κ2) is 10.7. The van der Waals surface area contributed by atoms with Gasteiger partial charge in [0.2, 0.25) is 5.91 Å². The van der Waals surface area contributed by atoms with E-state index >= 15 is 0 Å². The molecule has 0 fully saturated rings. The van der Waals surface area contributed by atoms with E-state index in [4.69, 9.17) is 4.74 Å². The Morgan fingerprint density at radius 2 is 1.45 bits per heavy atom. The van der Waals surface area contributed by atoms with Crippen LogP contribution in [0.3, 0.4) is 0 Å². The third kappa shape index (κ3) is 6.76. The van der Waals surface area contributed by atoms with Gasteiger partial charge in [0.05, 0.1) is 0 Å². The molecule has 0 heterocycles. The minimum absolute atomic E-state index is 0.166. The van der Waals surface area contributed by atoms with Gasteiger partial charge in [-0.2, -0.15) is 0 Å². The van der Waals surface area contributed by atoms with Crippen LogP contribution in [0, 0.1) is 0 Å². The Bertz CT molecular complexity index is 1210. The summed E-state index contributed by atoms with van der Waals surface area (Å²) in [6.07, 6.45) is 0. The van der Waals surface area contributed by atoms with Crippen LogP contribution in [0.25, 0.3) is 0 Å². The van der Waals surface area contributed by atoms with E-state index in [1.807, 2.05) is 0 Å². The molecule has 0 spiro atoms. The maximum absolute atomic E-state index is 12.7. The fourth-order valence-electron chi connectivity index (χ4n) is 3.08. The third-order valence-corrected chi connectivity index (χ3v) is 4.51. The monoisotopic (exact) mass is 445 g/mol. The van der Waals surface area contributed by atoms with Gasteiger partial charge in [0, 0.05) is 42.9 Å². The lowest BCUT2D eigenvalue weighted by Gasteiger charge is -2.13. The van der Waals surface area contributed by atoms with Crippen molar-refractivity contribution < 1.29 is 23.9 Å². The Morgan fingerprint density at radius 3 is 2.18 bits per heavy atom. The summed E-state index contributed by atoms with van der Waals surface area (Å²) in [5.41, 5.74) is 2.48. The molecule has 0 aliphatic heterocycles. The van der Waals surface area contributed by atoms with E-state index in [0.29, 0.717) is 28.1 Å². The van der Waals surface area contributed by atoms with E-state index in [2.05, 4.69) is 16.0 Å². The highest BCUT2D eigenvalue weighted by Crippen LogP contribution is 2.19. The second-order valence-corrected chi connectivity index (χ2v) is 7.18. The molecule has 0 atom stereocenters. The first-order valence-electron chi connectivity index (χ1n) is 10.2. The van der Waals surface area contributed by atoms with Crippen LogP contribution in [0.5, 0.6) is 5.75 Å². The second-order valence-electron chi connectivity index (χ2n) is 7.18. The summed E-state index contributed by atoms with van der Waals surface area (Å²) >= 11 is 0. The minimum atomic E-state index is -0.472. The molecule has 0 bridgehead atoms. The molecule has 3 N–H and O–H groups in total. The SMILES string of the molecule is CC(=O)Nc1cccc(C(=O)Nc2ccccc2CNC(=O)c2cccc(OC(C)=O)c2)c1. The molecular formula is C25H23N3O5. The van der Waals surface area contributed by atoms with Gasteiger partial charge in [-0.05, 0) is 48.0 Å². The van der Waals surface area contributed by atoms with Crippen molar-refractivity contribution >= 4 is 35.1 Å². The van der Waals surface area contributed by atoms with Gasteiger partial charge in [-0.3, -0.25) is 19.2 Å². The number of para-hydroxylation sites is 1. The number of amides is 3. The summed E-state index contributed by atoms with van der Waals surface area (Å²) in [5.74, 6) is -1.13. The van der Waals surface area contributed by atoms with Gasteiger partial charge < -0.3 is 20.7 Å². The van der Waals surface area contributed by atoms with Crippen LogP contribution < -0.4 is 20.7 Å². The number of nitrogens with one attached hydrogen (secondary N) is 3. The lowest BCUT2D eigenvalue weighted by Crippen LogP contribution is -2.24. The van der Waals surface area contributed by atoms with E-state index in [1.165, 1.54) is 19.9 Å². The van der Waals surface area contributed by atoms with Gasteiger partial charge in [0.25, 0.3) is 11.8 Å². The average molecular weight is 445 g/mol. The number of carbonyl (C=O) groups excluding carboxylic acids is 4. The molecule has 3 aromatic carbocycles. The standard InChI is InChI=1S/C25H23N3O5/c1-16(29)27-21-10-5-8-18(13-21)25(32)28-23-12-4-3-7-20(23)15-26-24(31)19-9-6-11-22(14-19)33-17(2)30/h3-14H,15H2,1-2H3,(H,26,31)(H,27,29)(H,28,32). The third-order valence-electron chi connectivity index (χ3n) is 4.51. The van der Waals surface area contributed by atoms with E-state index in [0.717, 1.165) is 0 Å². The fourth-order valence-corrected chi connectivity index (χ4v) is 3.08. The van der Waals surface area contributed by atoms with Crippen LogP contribution in [0.4, 0.5) is 11.4 Å². The zero-order chi connectivity index (χ0) is 23.8. The van der Waals surface area contributed by atoms with Gasteiger partial charge in [-0.25, -0.2) is 0 Å². The molecular weight excluding hydrogens is 422 g/mol. The molecule has 0 saturated carbocycles. The highest BCUT2D eigenvalue weighted by molar-refractivity contribution is 6.05. The van der Waals surface area contributed by atoms with Crippen LogP contribution in [-0.2, 0) is 16.1 Å². The smallest absolute Gasteiger partial charge is 0.308 e. The molecule has 3 rings (SSSR count). The number of ether oxygens (including phenoxy) is 1. The molecule has 33 heavy (non-hydrogen) atoms. The molecule has 0 aliphatic carbocycles. The van der Waals surface area contributed by atoms with Gasteiger partial charge in [0.1, 0.15) is 5.75 Å².